The van der Waals surface area contributed by atoms with Crippen LogP contribution in [-0.4, -0.2) is 86.2 Å². The highest BCUT2D eigenvalue weighted by Crippen LogP contribution is 2.32. The quantitative estimate of drug-likeness (QED) is 0.207. The zero-order chi connectivity index (χ0) is 29.4. The number of benzene rings is 2. The first-order chi connectivity index (χ1) is 19.7. The number of alkyl halides is 3. The Bertz CT molecular complexity index is 1360. The first-order valence-electron chi connectivity index (χ1n) is 13.5. The summed E-state index contributed by atoms with van der Waals surface area (Å²) in [6.45, 7) is 1.62. The zero-order valence-electron chi connectivity index (χ0n) is 23.6. The number of anilines is 2. The van der Waals surface area contributed by atoms with Gasteiger partial charge in [0.1, 0.15) is 12.3 Å². The van der Waals surface area contributed by atoms with Gasteiger partial charge in [-0.1, -0.05) is 12.0 Å². The molecule has 1 aliphatic heterocycles. The largest absolute Gasteiger partial charge is 0.495 e. The van der Waals surface area contributed by atoms with Crippen molar-refractivity contribution in [3.63, 3.8) is 0 Å². The molecule has 3 aromatic rings. The van der Waals surface area contributed by atoms with Crippen molar-refractivity contribution in [1.82, 2.24) is 9.47 Å². The van der Waals surface area contributed by atoms with Crippen LogP contribution in [-0.2, 0) is 11.3 Å². The van der Waals surface area contributed by atoms with Crippen LogP contribution in [0.25, 0.3) is 10.9 Å². The third-order valence-corrected chi connectivity index (χ3v) is 7.78. The number of aromatic nitrogens is 1. The van der Waals surface area contributed by atoms with Gasteiger partial charge in [0.15, 0.2) is 0 Å². The van der Waals surface area contributed by atoms with E-state index in [1.807, 2.05) is 30.5 Å². The fourth-order valence-corrected chi connectivity index (χ4v) is 5.53. The molecule has 0 saturated carbocycles. The van der Waals surface area contributed by atoms with Gasteiger partial charge in [-0.15, -0.1) is 11.8 Å². The molecule has 2 aromatic carbocycles. The standard InChI is InChI=1S/C30H37F3N4O3S/c1-39-19-23(38)18-36-14-11-21(12-15-36)35-26-7-4-8-28-25(26)16-22(37(28)20-30(31,32)33)6-5-13-34-27-10-9-24(41-3)17-29(27)40-2/h4,7-10,16-17,21,23,34-35,38H,11-15,18-20H2,1-3H3. The maximum atomic E-state index is 13.6. The van der Waals surface area contributed by atoms with E-state index < -0.39 is 18.8 Å². The fourth-order valence-electron chi connectivity index (χ4n) is 5.11. The number of ether oxygens (including phenoxy) is 2. The number of hydrogen-bond donors (Lipinski definition) is 3. The molecular formula is C30H37F3N4O3S. The minimum Gasteiger partial charge on any atom is -0.495 e. The molecule has 0 radical (unpaired) electrons. The molecule has 0 bridgehead atoms. The van der Waals surface area contributed by atoms with Crippen molar-refractivity contribution in [2.75, 3.05) is 63.9 Å². The summed E-state index contributed by atoms with van der Waals surface area (Å²) in [4.78, 5) is 3.27. The normalized spacial score (nSPS) is 15.4. The molecule has 1 aromatic heterocycles. The van der Waals surface area contributed by atoms with Crippen molar-refractivity contribution >= 4 is 34.0 Å². The summed E-state index contributed by atoms with van der Waals surface area (Å²) in [5.41, 5.74) is 2.35. The van der Waals surface area contributed by atoms with E-state index >= 15 is 0 Å². The Kier molecular flexibility index (Phi) is 10.7. The second kappa shape index (κ2) is 14.2. The summed E-state index contributed by atoms with van der Waals surface area (Å²) in [6, 6.07) is 13.1. The molecule has 1 fully saturated rings. The molecule has 7 nitrogen and oxygen atoms in total. The van der Waals surface area contributed by atoms with E-state index in [4.69, 9.17) is 9.47 Å². The van der Waals surface area contributed by atoms with Crippen LogP contribution in [0.3, 0.4) is 0 Å². The van der Waals surface area contributed by atoms with Gasteiger partial charge < -0.3 is 34.7 Å². The molecule has 0 aliphatic carbocycles. The maximum absolute atomic E-state index is 13.6. The number of β-amino-alcohol motifs (C(OH)–C–C–N with tert-alkyl or cyclic N) is 1. The molecule has 1 aliphatic rings. The van der Waals surface area contributed by atoms with Gasteiger partial charge in [-0.3, -0.25) is 0 Å². The lowest BCUT2D eigenvalue weighted by molar-refractivity contribution is -0.140. The summed E-state index contributed by atoms with van der Waals surface area (Å²) in [6.07, 6.45) is -1.21. The molecule has 222 valence electrons. The third kappa shape index (κ3) is 8.49. The molecule has 41 heavy (non-hydrogen) atoms. The predicted molar refractivity (Wildman–Crippen MR) is 159 cm³/mol. The number of thioether (sulfide) groups is 1. The van der Waals surface area contributed by atoms with E-state index in [0.717, 1.165) is 42.2 Å². The van der Waals surface area contributed by atoms with Gasteiger partial charge in [0.25, 0.3) is 0 Å². The van der Waals surface area contributed by atoms with Crippen LogP contribution in [0.4, 0.5) is 24.5 Å². The first kappa shape index (κ1) is 30.9. The molecule has 2 heterocycles. The summed E-state index contributed by atoms with van der Waals surface area (Å²) >= 11 is 1.61. The lowest BCUT2D eigenvalue weighted by atomic mass is 10.0. The number of piperidine rings is 1. The number of hydrogen-bond acceptors (Lipinski definition) is 7. The lowest BCUT2D eigenvalue weighted by Crippen LogP contribution is -2.43. The van der Waals surface area contributed by atoms with Crippen LogP contribution < -0.4 is 15.4 Å². The van der Waals surface area contributed by atoms with Crippen LogP contribution in [0.1, 0.15) is 18.5 Å². The predicted octanol–water partition coefficient (Wildman–Crippen LogP) is 5.28. The Balaban J connectivity index is 1.50. The molecule has 1 atom stereocenters. The molecule has 4 rings (SSSR count). The fraction of sp³-hybridized carbons (Fsp3) is 0.467. The number of nitrogens with one attached hydrogen (secondary N) is 2. The van der Waals surface area contributed by atoms with Gasteiger partial charge in [-0.25, -0.2) is 0 Å². The smallest absolute Gasteiger partial charge is 0.406 e. The molecule has 11 heteroatoms. The third-order valence-electron chi connectivity index (χ3n) is 7.05. The molecule has 0 amide bonds. The maximum Gasteiger partial charge on any atom is 0.406 e. The summed E-state index contributed by atoms with van der Waals surface area (Å²) in [7, 11) is 3.16. The average molecular weight is 591 g/mol. The second-order valence-corrected chi connectivity index (χ2v) is 10.9. The van der Waals surface area contributed by atoms with Crippen molar-refractivity contribution in [1.29, 1.82) is 0 Å². The van der Waals surface area contributed by atoms with Gasteiger partial charge in [0.2, 0.25) is 0 Å². The number of rotatable bonds is 11. The highest BCUT2D eigenvalue weighted by Gasteiger charge is 2.30. The number of halogens is 3. The van der Waals surface area contributed by atoms with Crippen LogP contribution in [0, 0.1) is 11.8 Å². The van der Waals surface area contributed by atoms with E-state index in [0.29, 0.717) is 35.5 Å². The first-order valence-corrected chi connectivity index (χ1v) is 14.7. The highest BCUT2D eigenvalue weighted by molar-refractivity contribution is 7.98. The summed E-state index contributed by atoms with van der Waals surface area (Å²) < 4.78 is 52.5. The molecular weight excluding hydrogens is 553 g/mol. The Labute approximate surface area is 243 Å². The van der Waals surface area contributed by atoms with Crippen molar-refractivity contribution < 1.29 is 27.8 Å². The Morgan fingerprint density at radius 2 is 1.90 bits per heavy atom. The summed E-state index contributed by atoms with van der Waals surface area (Å²) in [5.74, 6) is 6.62. The molecule has 0 spiro atoms. The number of likely N-dealkylation sites (tertiary alicyclic amines) is 1. The Morgan fingerprint density at radius 1 is 1.12 bits per heavy atom. The topological polar surface area (TPSA) is 70.9 Å². The van der Waals surface area contributed by atoms with Gasteiger partial charge in [-0.05, 0) is 61.4 Å². The zero-order valence-corrected chi connectivity index (χ0v) is 24.4. The summed E-state index contributed by atoms with van der Waals surface area (Å²) in [5, 5.41) is 17.5. The van der Waals surface area contributed by atoms with Gasteiger partial charge in [-0.2, -0.15) is 13.2 Å². The molecule has 1 unspecified atom stereocenters. The molecule has 3 N–H and O–H groups in total. The minimum absolute atomic E-state index is 0.175. The van der Waals surface area contributed by atoms with Gasteiger partial charge >= 0.3 is 6.18 Å². The van der Waals surface area contributed by atoms with Crippen molar-refractivity contribution in [3.05, 3.63) is 48.2 Å². The minimum atomic E-state index is -4.39. The Hall–Kier alpha value is -3.04. The number of methoxy groups -OCH3 is 2. The SMILES string of the molecule is COCC(O)CN1CCC(Nc2cccc3c2cc(C#CCNc2ccc(SC)cc2OC)n3CC(F)(F)F)CC1. The number of nitrogens with zero attached hydrogens (tertiary/aromatic N) is 2. The van der Waals surface area contributed by atoms with Crippen molar-refractivity contribution in [3.8, 4) is 17.6 Å². The van der Waals surface area contributed by atoms with Gasteiger partial charge in [0.05, 0.1) is 43.3 Å². The second-order valence-electron chi connectivity index (χ2n) is 10.0. The average Bonchev–Trinajstić information content (AvgIpc) is 3.28. The van der Waals surface area contributed by atoms with E-state index in [2.05, 4.69) is 27.4 Å². The lowest BCUT2D eigenvalue weighted by Gasteiger charge is -2.34. The van der Waals surface area contributed by atoms with Crippen LogP contribution in [0.2, 0.25) is 0 Å². The van der Waals surface area contributed by atoms with E-state index in [-0.39, 0.29) is 12.6 Å². The Morgan fingerprint density at radius 3 is 2.59 bits per heavy atom. The van der Waals surface area contributed by atoms with Crippen LogP contribution in [0.5, 0.6) is 5.75 Å². The highest BCUT2D eigenvalue weighted by atomic mass is 32.2. The van der Waals surface area contributed by atoms with E-state index in [9.17, 15) is 18.3 Å². The number of fused-ring (bicyclic) bond motifs is 1. The number of aliphatic hydroxyl groups is 1. The van der Waals surface area contributed by atoms with Crippen molar-refractivity contribution in [2.24, 2.45) is 0 Å². The van der Waals surface area contributed by atoms with Crippen LogP contribution in [0.15, 0.2) is 47.4 Å². The van der Waals surface area contributed by atoms with E-state index in [1.54, 1.807) is 44.2 Å². The van der Waals surface area contributed by atoms with E-state index in [1.165, 1.54) is 4.57 Å². The van der Waals surface area contributed by atoms with Gasteiger partial charge in [0, 0.05) is 48.8 Å². The molecule has 1 saturated heterocycles. The van der Waals surface area contributed by atoms with Crippen molar-refractivity contribution in [2.45, 2.75) is 42.6 Å². The van der Waals surface area contributed by atoms with Crippen LogP contribution >= 0.6 is 11.8 Å². The number of aliphatic hydroxyl groups excluding tert-OH is 1. The monoisotopic (exact) mass is 590 g/mol.